The standard InChI is InChI=1S/C10H7BrF3N3/c11-6-1-3-7(4-2-6)17-8(10(12,13)14)5-9(15)16-17/h1-5H,(H2,15,16). The van der Waals surface area contributed by atoms with Crippen LogP contribution in [0.5, 0.6) is 0 Å². The first-order valence-electron chi connectivity index (χ1n) is 4.56. The number of anilines is 1. The Morgan fingerprint density at radius 2 is 1.76 bits per heavy atom. The van der Waals surface area contributed by atoms with Crippen LogP contribution in [0.3, 0.4) is 0 Å². The highest BCUT2D eigenvalue weighted by atomic mass is 79.9. The summed E-state index contributed by atoms with van der Waals surface area (Å²) >= 11 is 3.20. The summed E-state index contributed by atoms with van der Waals surface area (Å²) in [5.41, 5.74) is 4.71. The largest absolute Gasteiger partial charge is 0.433 e. The molecule has 0 atom stereocenters. The van der Waals surface area contributed by atoms with Gasteiger partial charge >= 0.3 is 6.18 Å². The summed E-state index contributed by atoms with van der Waals surface area (Å²) in [5, 5.41) is 3.64. The van der Waals surface area contributed by atoms with Gasteiger partial charge in [0.05, 0.1) is 5.69 Å². The number of hydrogen-bond acceptors (Lipinski definition) is 2. The fraction of sp³-hybridized carbons (Fsp3) is 0.100. The van der Waals surface area contributed by atoms with E-state index in [-0.39, 0.29) is 5.82 Å². The van der Waals surface area contributed by atoms with Crippen molar-refractivity contribution in [2.45, 2.75) is 6.18 Å². The molecule has 0 aliphatic heterocycles. The van der Waals surface area contributed by atoms with Crippen molar-refractivity contribution in [3.8, 4) is 5.69 Å². The molecular weight excluding hydrogens is 299 g/mol. The molecule has 0 spiro atoms. The van der Waals surface area contributed by atoms with E-state index < -0.39 is 11.9 Å². The molecule has 1 aromatic heterocycles. The zero-order valence-electron chi connectivity index (χ0n) is 8.37. The van der Waals surface area contributed by atoms with E-state index in [2.05, 4.69) is 21.0 Å². The van der Waals surface area contributed by atoms with Crippen molar-refractivity contribution in [1.29, 1.82) is 0 Å². The topological polar surface area (TPSA) is 43.8 Å². The second kappa shape index (κ2) is 4.06. The van der Waals surface area contributed by atoms with Crippen LogP contribution in [0.15, 0.2) is 34.8 Å². The molecule has 17 heavy (non-hydrogen) atoms. The maximum atomic E-state index is 12.7. The third kappa shape index (κ3) is 2.44. The van der Waals surface area contributed by atoms with Crippen LogP contribution in [0.4, 0.5) is 19.0 Å². The minimum atomic E-state index is -4.49. The number of alkyl halides is 3. The second-order valence-electron chi connectivity index (χ2n) is 3.34. The van der Waals surface area contributed by atoms with Gasteiger partial charge in [-0.3, -0.25) is 0 Å². The molecule has 0 saturated carbocycles. The van der Waals surface area contributed by atoms with Crippen molar-refractivity contribution in [2.24, 2.45) is 0 Å². The molecule has 0 unspecified atom stereocenters. The maximum absolute atomic E-state index is 12.7. The van der Waals surface area contributed by atoms with Gasteiger partial charge in [0, 0.05) is 10.5 Å². The van der Waals surface area contributed by atoms with E-state index in [9.17, 15) is 13.2 Å². The Morgan fingerprint density at radius 3 is 2.29 bits per heavy atom. The number of nitrogen functional groups attached to an aromatic ring is 1. The Hall–Kier alpha value is -1.50. The van der Waals surface area contributed by atoms with Crippen molar-refractivity contribution >= 4 is 21.7 Å². The fourth-order valence-electron chi connectivity index (χ4n) is 1.38. The minimum absolute atomic E-state index is 0.166. The monoisotopic (exact) mass is 305 g/mol. The van der Waals surface area contributed by atoms with E-state index in [1.54, 1.807) is 12.1 Å². The van der Waals surface area contributed by atoms with Crippen LogP contribution in [-0.4, -0.2) is 9.78 Å². The number of nitrogens with two attached hydrogens (primary N) is 1. The van der Waals surface area contributed by atoms with E-state index in [0.29, 0.717) is 5.69 Å². The molecule has 1 aromatic carbocycles. The lowest BCUT2D eigenvalue weighted by Crippen LogP contribution is -2.13. The van der Waals surface area contributed by atoms with E-state index in [0.717, 1.165) is 15.2 Å². The van der Waals surface area contributed by atoms with Gasteiger partial charge in [-0.05, 0) is 24.3 Å². The molecule has 0 fully saturated rings. The summed E-state index contributed by atoms with van der Waals surface area (Å²) in [7, 11) is 0. The lowest BCUT2D eigenvalue weighted by molar-refractivity contribution is -0.142. The van der Waals surface area contributed by atoms with Crippen LogP contribution in [0.1, 0.15) is 5.69 Å². The summed E-state index contributed by atoms with van der Waals surface area (Å²) in [4.78, 5) is 0. The molecule has 3 nitrogen and oxygen atoms in total. The molecule has 90 valence electrons. The fourth-order valence-corrected chi connectivity index (χ4v) is 1.64. The van der Waals surface area contributed by atoms with Crippen LogP contribution in [0, 0.1) is 0 Å². The van der Waals surface area contributed by atoms with Gasteiger partial charge in [-0.15, -0.1) is 0 Å². The van der Waals surface area contributed by atoms with Gasteiger partial charge in [-0.1, -0.05) is 15.9 Å². The highest BCUT2D eigenvalue weighted by molar-refractivity contribution is 9.10. The Labute approximate surface area is 103 Å². The molecule has 0 saturated heterocycles. The van der Waals surface area contributed by atoms with Gasteiger partial charge in [0.15, 0.2) is 0 Å². The number of rotatable bonds is 1. The molecular formula is C10H7BrF3N3. The van der Waals surface area contributed by atoms with Crippen LogP contribution in [0.25, 0.3) is 5.69 Å². The zero-order chi connectivity index (χ0) is 12.6. The van der Waals surface area contributed by atoms with Crippen molar-refractivity contribution in [3.63, 3.8) is 0 Å². The van der Waals surface area contributed by atoms with Crippen molar-refractivity contribution < 1.29 is 13.2 Å². The summed E-state index contributed by atoms with van der Waals surface area (Å²) in [6.45, 7) is 0. The number of halogens is 4. The van der Waals surface area contributed by atoms with Gasteiger partial charge < -0.3 is 5.73 Å². The van der Waals surface area contributed by atoms with Crippen molar-refractivity contribution in [1.82, 2.24) is 9.78 Å². The molecule has 1 heterocycles. The molecule has 0 aliphatic rings. The number of benzene rings is 1. The average Bonchev–Trinajstić information content (AvgIpc) is 2.61. The second-order valence-corrected chi connectivity index (χ2v) is 4.26. The molecule has 2 N–H and O–H groups in total. The molecule has 7 heteroatoms. The quantitative estimate of drug-likeness (QED) is 0.879. The van der Waals surface area contributed by atoms with Crippen LogP contribution in [-0.2, 0) is 6.18 Å². The van der Waals surface area contributed by atoms with Gasteiger partial charge in [-0.25, -0.2) is 4.68 Å². The first kappa shape index (κ1) is 12.0. The lowest BCUT2D eigenvalue weighted by Gasteiger charge is -2.09. The average molecular weight is 306 g/mol. The van der Waals surface area contributed by atoms with Crippen LogP contribution in [0.2, 0.25) is 0 Å². The Bertz CT molecular complexity index is 531. The molecule has 2 aromatic rings. The van der Waals surface area contributed by atoms with Gasteiger partial charge in [0.25, 0.3) is 0 Å². The normalized spacial score (nSPS) is 11.8. The zero-order valence-corrected chi connectivity index (χ0v) is 9.96. The van der Waals surface area contributed by atoms with E-state index in [1.165, 1.54) is 12.1 Å². The van der Waals surface area contributed by atoms with Gasteiger partial charge in [0.2, 0.25) is 0 Å². The first-order chi connectivity index (χ1) is 7.88. The maximum Gasteiger partial charge on any atom is 0.433 e. The summed E-state index contributed by atoms with van der Waals surface area (Å²) in [6.07, 6.45) is -4.49. The van der Waals surface area contributed by atoms with E-state index >= 15 is 0 Å². The lowest BCUT2D eigenvalue weighted by atomic mass is 10.3. The number of hydrogen-bond donors (Lipinski definition) is 1. The minimum Gasteiger partial charge on any atom is -0.382 e. The third-order valence-electron chi connectivity index (χ3n) is 2.09. The Balaban J connectivity index is 2.55. The smallest absolute Gasteiger partial charge is 0.382 e. The SMILES string of the molecule is Nc1cc(C(F)(F)F)n(-c2ccc(Br)cc2)n1. The highest BCUT2D eigenvalue weighted by Gasteiger charge is 2.36. The molecule has 0 radical (unpaired) electrons. The summed E-state index contributed by atoms with van der Waals surface area (Å²) in [5.74, 6) is -0.166. The van der Waals surface area contributed by atoms with Crippen LogP contribution >= 0.6 is 15.9 Å². The number of nitrogens with zero attached hydrogens (tertiary/aromatic N) is 2. The Morgan fingerprint density at radius 1 is 1.18 bits per heavy atom. The van der Waals surface area contributed by atoms with E-state index in [1.807, 2.05) is 0 Å². The molecule has 0 amide bonds. The van der Waals surface area contributed by atoms with E-state index in [4.69, 9.17) is 5.73 Å². The first-order valence-corrected chi connectivity index (χ1v) is 5.36. The van der Waals surface area contributed by atoms with Gasteiger partial charge in [0.1, 0.15) is 11.5 Å². The molecule has 2 rings (SSSR count). The van der Waals surface area contributed by atoms with Gasteiger partial charge in [-0.2, -0.15) is 18.3 Å². The molecule has 0 aliphatic carbocycles. The van der Waals surface area contributed by atoms with Crippen molar-refractivity contribution in [2.75, 3.05) is 5.73 Å². The van der Waals surface area contributed by atoms with Crippen molar-refractivity contribution in [3.05, 3.63) is 40.5 Å². The van der Waals surface area contributed by atoms with Crippen LogP contribution < -0.4 is 5.73 Å². The summed E-state index contributed by atoms with van der Waals surface area (Å²) in [6, 6.07) is 7.11. The third-order valence-corrected chi connectivity index (χ3v) is 2.62. The summed E-state index contributed by atoms with van der Waals surface area (Å²) < 4.78 is 39.7. The molecule has 0 bridgehead atoms. The Kier molecular flexibility index (Phi) is 2.86. The predicted molar refractivity (Wildman–Crippen MR) is 60.7 cm³/mol. The number of aromatic nitrogens is 2. The predicted octanol–water partition coefficient (Wildman–Crippen LogP) is 3.24. The highest BCUT2D eigenvalue weighted by Crippen LogP contribution is 2.32.